The van der Waals surface area contributed by atoms with Crippen molar-refractivity contribution < 1.29 is 4.79 Å². The standard InChI is InChI=1S/C21H22N4O/c1-2-12-25(19-6-4-3-5-7-19)21(26)18-10-13-24(14-11-18)20-9-8-17(15-22)16-23-20/h2-9,16,18H,1,10-14H2. The lowest BCUT2D eigenvalue weighted by molar-refractivity contribution is -0.122. The number of pyridine rings is 1. The topological polar surface area (TPSA) is 60.2 Å². The second kappa shape index (κ2) is 8.30. The normalized spacial score (nSPS) is 14.5. The van der Waals surface area contributed by atoms with E-state index >= 15 is 0 Å². The van der Waals surface area contributed by atoms with Crippen LogP contribution in [0.5, 0.6) is 0 Å². The zero-order chi connectivity index (χ0) is 18.4. The fraction of sp³-hybridized carbons (Fsp3) is 0.286. The summed E-state index contributed by atoms with van der Waals surface area (Å²) in [7, 11) is 0. The van der Waals surface area contributed by atoms with Crippen LogP contribution in [0.4, 0.5) is 11.5 Å². The van der Waals surface area contributed by atoms with Gasteiger partial charge in [-0.3, -0.25) is 4.79 Å². The monoisotopic (exact) mass is 346 g/mol. The van der Waals surface area contributed by atoms with Crippen molar-refractivity contribution in [1.82, 2.24) is 4.98 Å². The molecule has 26 heavy (non-hydrogen) atoms. The molecular weight excluding hydrogens is 324 g/mol. The van der Waals surface area contributed by atoms with Crippen molar-refractivity contribution in [3.05, 3.63) is 66.9 Å². The van der Waals surface area contributed by atoms with Gasteiger partial charge in [-0.05, 0) is 37.1 Å². The zero-order valence-electron chi connectivity index (χ0n) is 14.7. The van der Waals surface area contributed by atoms with Crippen molar-refractivity contribution in [1.29, 1.82) is 5.26 Å². The predicted octanol–water partition coefficient (Wildman–Crippen LogP) is 3.39. The lowest BCUT2D eigenvalue weighted by atomic mass is 9.95. The molecule has 0 N–H and O–H groups in total. The molecule has 1 saturated heterocycles. The molecule has 1 aromatic carbocycles. The van der Waals surface area contributed by atoms with Crippen LogP contribution >= 0.6 is 0 Å². The van der Waals surface area contributed by atoms with Crippen molar-refractivity contribution in [3.8, 4) is 6.07 Å². The summed E-state index contributed by atoms with van der Waals surface area (Å²) in [6.45, 7) is 5.87. The summed E-state index contributed by atoms with van der Waals surface area (Å²) in [5, 5.41) is 8.87. The van der Waals surface area contributed by atoms with E-state index in [1.807, 2.05) is 41.3 Å². The Balaban J connectivity index is 1.65. The second-order valence-corrected chi connectivity index (χ2v) is 6.35. The van der Waals surface area contributed by atoms with Gasteiger partial charge in [0.15, 0.2) is 0 Å². The number of para-hydroxylation sites is 1. The van der Waals surface area contributed by atoms with Gasteiger partial charge in [0.1, 0.15) is 11.9 Å². The highest BCUT2D eigenvalue weighted by molar-refractivity contribution is 5.95. The number of amides is 1. The van der Waals surface area contributed by atoms with E-state index in [0.29, 0.717) is 12.1 Å². The summed E-state index contributed by atoms with van der Waals surface area (Å²) < 4.78 is 0. The third kappa shape index (κ3) is 3.92. The van der Waals surface area contributed by atoms with E-state index in [4.69, 9.17) is 5.26 Å². The molecule has 3 rings (SSSR count). The predicted molar refractivity (Wildman–Crippen MR) is 103 cm³/mol. The number of anilines is 2. The minimum atomic E-state index is 0.00443. The summed E-state index contributed by atoms with van der Waals surface area (Å²) in [5.74, 6) is 1.02. The molecule has 1 amide bonds. The minimum Gasteiger partial charge on any atom is -0.357 e. The van der Waals surface area contributed by atoms with Gasteiger partial charge < -0.3 is 9.80 Å². The molecule has 0 bridgehead atoms. The first-order valence-electron chi connectivity index (χ1n) is 8.81. The molecule has 2 aromatic rings. The first kappa shape index (κ1) is 17.7. The largest absolute Gasteiger partial charge is 0.357 e. The van der Waals surface area contributed by atoms with E-state index in [1.54, 1.807) is 18.3 Å². The summed E-state index contributed by atoms with van der Waals surface area (Å²) in [6, 6.07) is 15.5. The Hall–Kier alpha value is -3.13. The highest BCUT2D eigenvalue weighted by Crippen LogP contribution is 2.25. The van der Waals surface area contributed by atoms with Crippen LogP contribution in [0.1, 0.15) is 18.4 Å². The van der Waals surface area contributed by atoms with E-state index in [0.717, 1.165) is 37.4 Å². The maximum atomic E-state index is 13.0. The average molecular weight is 346 g/mol. The molecule has 5 heteroatoms. The third-order valence-electron chi connectivity index (χ3n) is 4.69. The van der Waals surface area contributed by atoms with Gasteiger partial charge in [-0.15, -0.1) is 6.58 Å². The van der Waals surface area contributed by atoms with Gasteiger partial charge in [-0.2, -0.15) is 5.26 Å². The second-order valence-electron chi connectivity index (χ2n) is 6.35. The Labute approximate surface area is 154 Å². The van der Waals surface area contributed by atoms with Crippen molar-refractivity contribution in [2.24, 2.45) is 5.92 Å². The summed E-state index contributed by atoms with van der Waals surface area (Å²) in [5.41, 5.74) is 1.47. The number of hydrogen-bond acceptors (Lipinski definition) is 4. The molecule has 132 valence electrons. The van der Waals surface area contributed by atoms with Crippen LogP contribution in [0, 0.1) is 17.2 Å². The number of nitriles is 1. The molecule has 1 aliphatic rings. The molecule has 0 atom stereocenters. The molecule has 5 nitrogen and oxygen atoms in total. The Bertz CT molecular complexity index is 787. The summed E-state index contributed by atoms with van der Waals surface area (Å²) in [6.07, 6.45) is 4.94. The van der Waals surface area contributed by atoms with Crippen molar-refractivity contribution in [3.63, 3.8) is 0 Å². The van der Waals surface area contributed by atoms with Gasteiger partial charge in [0.05, 0.1) is 5.56 Å². The Morgan fingerprint density at radius 3 is 2.58 bits per heavy atom. The Morgan fingerprint density at radius 2 is 2.00 bits per heavy atom. The molecule has 0 spiro atoms. The van der Waals surface area contributed by atoms with Gasteiger partial charge >= 0.3 is 0 Å². The number of carbonyl (C=O) groups is 1. The fourth-order valence-electron chi connectivity index (χ4n) is 3.27. The van der Waals surface area contributed by atoms with Crippen LogP contribution in [0.15, 0.2) is 61.3 Å². The highest BCUT2D eigenvalue weighted by Gasteiger charge is 2.29. The van der Waals surface area contributed by atoms with E-state index in [-0.39, 0.29) is 11.8 Å². The highest BCUT2D eigenvalue weighted by atomic mass is 16.2. The maximum absolute atomic E-state index is 13.0. The number of nitrogens with zero attached hydrogens (tertiary/aromatic N) is 4. The molecule has 2 heterocycles. The van der Waals surface area contributed by atoms with Crippen molar-refractivity contribution in [2.75, 3.05) is 29.4 Å². The van der Waals surface area contributed by atoms with E-state index in [1.165, 1.54) is 0 Å². The van der Waals surface area contributed by atoms with Crippen LogP contribution in [0.2, 0.25) is 0 Å². The molecule has 0 aliphatic carbocycles. The molecule has 0 saturated carbocycles. The molecule has 1 aliphatic heterocycles. The molecule has 0 radical (unpaired) electrons. The number of carbonyl (C=O) groups excluding carboxylic acids is 1. The van der Waals surface area contributed by atoms with Crippen LogP contribution in [0.25, 0.3) is 0 Å². The number of hydrogen-bond donors (Lipinski definition) is 0. The van der Waals surface area contributed by atoms with Crippen LogP contribution < -0.4 is 9.80 Å². The molecule has 1 fully saturated rings. The molecule has 1 aromatic heterocycles. The summed E-state index contributed by atoms with van der Waals surface area (Å²) in [4.78, 5) is 21.4. The zero-order valence-corrected chi connectivity index (χ0v) is 14.7. The molecular formula is C21H22N4O. The molecule has 0 unspecified atom stereocenters. The summed E-state index contributed by atoms with van der Waals surface area (Å²) >= 11 is 0. The third-order valence-corrected chi connectivity index (χ3v) is 4.69. The van der Waals surface area contributed by atoms with E-state index in [9.17, 15) is 4.79 Å². The van der Waals surface area contributed by atoms with E-state index in [2.05, 4.69) is 22.5 Å². The fourth-order valence-corrected chi connectivity index (χ4v) is 3.27. The van der Waals surface area contributed by atoms with Crippen LogP contribution in [-0.4, -0.2) is 30.5 Å². The average Bonchev–Trinajstić information content (AvgIpc) is 2.72. The number of rotatable bonds is 5. The van der Waals surface area contributed by atoms with Crippen molar-refractivity contribution >= 4 is 17.4 Å². The van der Waals surface area contributed by atoms with Gasteiger partial charge in [-0.1, -0.05) is 24.3 Å². The SMILES string of the molecule is C=CCN(C(=O)C1CCN(c2ccc(C#N)cn2)CC1)c1ccccc1. The lowest BCUT2D eigenvalue weighted by Crippen LogP contribution is -2.43. The first-order chi connectivity index (χ1) is 12.7. The van der Waals surface area contributed by atoms with Gasteiger partial charge in [-0.25, -0.2) is 4.98 Å². The Kier molecular flexibility index (Phi) is 5.65. The van der Waals surface area contributed by atoms with Gasteiger partial charge in [0.2, 0.25) is 5.91 Å². The van der Waals surface area contributed by atoms with E-state index < -0.39 is 0 Å². The number of piperidine rings is 1. The van der Waals surface area contributed by atoms with Crippen LogP contribution in [-0.2, 0) is 4.79 Å². The first-order valence-corrected chi connectivity index (χ1v) is 8.81. The minimum absolute atomic E-state index is 0.00443. The van der Waals surface area contributed by atoms with Gasteiger partial charge in [0, 0.05) is 37.4 Å². The quantitative estimate of drug-likeness (QED) is 0.779. The maximum Gasteiger partial charge on any atom is 0.230 e. The lowest BCUT2D eigenvalue weighted by Gasteiger charge is -2.34. The Morgan fingerprint density at radius 1 is 1.27 bits per heavy atom. The number of benzene rings is 1. The number of aromatic nitrogens is 1. The smallest absolute Gasteiger partial charge is 0.230 e. The van der Waals surface area contributed by atoms with Crippen molar-refractivity contribution in [2.45, 2.75) is 12.8 Å². The van der Waals surface area contributed by atoms with Crippen LogP contribution in [0.3, 0.4) is 0 Å². The van der Waals surface area contributed by atoms with Gasteiger partial charge in [0.25, 0.3) is 0 Å².